The molecule has 2 aromatic heterocycles. The monoisotopic (exact) mass is 486 g/mol. The van der Waals surface area contributed by atoms with Crippen LogP contribution in [0.25, 0.3) is 33.7 Å². The van der Waals surface area contributed by atoms with Gasteiger partial charge in [0.25, 0.3) is 0 Å². The van der Waals surface area contributed by atoms with Crippen LogP contribution in [0.2, 0.25) is 0 Å². The van der Waals surface area contributed by atoms with Gasteiger partial charge in [-0.05, 0) is 73.9 Å². The van der Waals surface area contributed by atoms with Crippen molar-refractivity contribution in [2.24, 2.45) is 5.92 Å². The van der Waals surface area contributed by atoms with Crippen molar-refractivity contribution in [1.82, 2.24) is 20.2 Å². The maximum atomic E-state index is 4.99. The maximum absolute atomic E-state index is 4.99. The minimum absolute atomic E-state index is 0.641. The zero-order valence-electron chi connectivity index (χ0n) is 20.8. The Morgan fingerprint density at radius 3 is 2.24 bits per heavy atom. The van der Waals surface area contributed by atoms with Crippen molar-refractivity contribution in [3.05, 3.63) is 90.6 Å². The van der Waals surface area contributed by atoms with Crippen molar-refractivity contribution in [2.45, 2.75) is 38.1 Å². The summed E-state index contributed by atoms with van der Waals surface area (Å²) in [6.45, 7) is 0.939. The van der Waals surface area contributed by atoms with Gasteiger partial charge in [-0.3, -0.25) is 5.10 Å². The molecule has 0 saturated heterocycles. The molecule has 0 radical (unpaired) electrons. The molecule has 3 aromatic carbocycles. The first-order valence-electron chi connectivity index (χ1n) is 13.3. The average molecular weight is 487 g/mol. The van der Waals surface area contributed by atoms with Crippen LogP contribution in [0.3, 0.4) is 0 Å². The number of anilines is 2. The average Bonchev–Trinajstić information content (AvgIpc) is 3.64. The summed E-state index contributed by atoms with van der Waals surface area (Å²) in [6, 6.07) is 28.3. The van der Waals surface area contributed by atoms with Gasteiger partial charge in [-0.1, -0.05) is 48.5 Å². The lowest BCUT2D eigenvalue weighted by molar-refractivity contribution is 0.316. The maximum Gasteiger partial charge on any atom is 0.115 e. The summed E-state index contributed by atoms with van der Waals surface area (Å²) in [5.74, 6) is 0.744. The first-order valence-corrected chi connectivity index (χ1v) is 13.3. The highest BCUT2D eigenvalue weighted by molar-refractivity contribution is 5.85. The number of H-pyrrole nitrogens is 1. The van der Waals surface area contributed by atoms with Crippen LogP contribution in [0.1, 0.15) is 31.2 Å². The third-order valence-electron chi connectivity index (χ3n) is 7.99. The molecule has 1 fully saturated rings. The summed E-state index contributed by atoms with van der Waals surface area (Å²) in [4.78, 5) is 12.5. The second kappa shape index (κ2) is 9.36. The summed E-state index contributed by atoms with van der Waals surface area (Å²) in [7, 11) is 0. The molecule has 1 saturated carbocycles. The van der Waals surface area contributed by atoms with E-state index in [4.69, 9.17) is 9.97 Å². The number of hydrogen-bond acceptors (Lipinski definition) is 5. The normalized spacial score (nSPS) is 19.1. The van der Waals surface area contributed by atoms with Gasteiger partial charge in [0.05, 0.1) is 40.5 Å². The van der Waals surface area contributed by atoms with Gasteiger partial charge in [0.15, 0.2) is 0 Å². The molecule has 1 aliphatic carbocycles. The number of nitrogens with zero attached hydrogens (tertiary/aromatic N) is 4. The fraction of sp³-hybridized carbons (Fsp3) is 0.258. The van der Waals surface area contributed by atoms with Crippen LogP contribution in [0.4, 0.5) is 11.4 Å². The lowest BCUT2D eigenvalue weighted by Gasteiger charge is -2.35. The van der Waals surface area contributed by atoms with Crippen LogP contribution in [-0.2, 0) is 6.42 Å². The third-order valence-corrected chi connectivity index (χ3v) is 7.99. The number of hydrogen-bond donors (Lipinski definition) is 2. The summed E-state index contributed by atoms with van der Waals surface area (Å²) >= 11 is 0. The highest BCUT2D eigenvalue weighted by Crippen LogP contribution is 2.38. The fourth-order valence-corrected chi connectivity index (χ4v) is 6.02. The quantitative estimate of drug-likeness (QED) is 0.290. The Morgan fingerprint density at radius 1 is 0.757 bits per heavy atom. The van der Waals surface area contributed by atoms with Gasteiger partial charge < -0.3 is 10.2 Å². The van der Waals surface area contributed by atoms with Gasteiger partial charge in [-0.25, -0.2) is 9.97 Å². The van der Waals surface area contributed by atoms with Crippen LogP contribution in [0, 0.1) is 5.92 Å². The lowest BCUT2D eigenvalue weighted by atomic mass is 9.81. The van der Waals surface area contributed by atoms with Gasteiger partial charge >= 0.3 is 0 Å². The van der Waals surface area contributed by atoms with Crippen molar-refractivity contribution < 1.29 is 0 Å². The van der Waals surface area contributed by atoms with Crippen LogP contribution in [0.5, 0.6) is 0 Å². The van der Waals surface area contributed by atoms with Crippen LogP contribution in [0.15, 0.2) is 85.1 Å². The number of aromatic amines is 1. The second-order valence-electron chi connectivity index (χ2n) is 10.3. The molecular formula is C31H30N6. The van der Waals surface area contributed by atoms with Gasteiger partial charge in [0, 0.05) is 17.8 Å². The zero-order chi connectivity index (χ0) is 24.6. The van der Waals surface area contributed by atoms with E-state index >= 15 is 0 Å². The number of rotatable bonds is 5. The van der Waals surface area contributed by atoms with Crippen LogP contribution < -0.4 is 10.2 Å². The number of benzene rings is 3. The third kappa shape index (κ3) is 4.22. The first-order chi connectivity index (χ1) is 18.3. The minimum Gasteiger partial charge on any atom is -0.366 e. The molecule has 2 N–H and O–H groups in total. The predicted molar refractivity (Wildman–Crippen MR) is 149 cm³/mol. The molecule has 0 atom stereocenters. The smallest absolute Gasteiger partial charge is 0.115 e. The van der Waals surface area contributed by atoms with E-state index in [1.807, 2.05) is 30.3 Å². The molecular weight excluding hydrogens is 456 g/mol. The Hall–Kier alpha value is -4.19. The molecule has 6 heteroatoms. The van der Waals surface area contributed by atoms with Gasteiger partial charge in [0.1, 0.15) is 5.69 Å². The number of fused-ring (bicyclic) bond motifs is 2. The molecule has 184 valence electrons. The number of para-hydroxylation sites is 4. The van der Waals surface area contributed by atoms with Crippen molar-refractivity contribution in [1.29, 1.82) is 0 Å². The topological polar surface area (TPSA) is 69.7 Å². The van der Waals surface area contributed by atoms with E-state index in [0.29, 0.717) is 6.04 Å². The van der Waals surface area contributed by atoms with E-state index in [1.54, 1.807) is 6.20 Å². The van der Waals surface area contributed by atoms with Crippen LogP contribution in [-0.4, -0.2) is 32.9 Å². The fourth-order valence-electron chi connectivity index (χ4n) is 6.02. The molecule has 1 aliphatic heterocycles. The highest BCUT2D eigenvalue weighted by atomic mass is 15.3. The van der Waals surface area contributed by atoms with Gasteiger partial charge in [-0.2, -0.15) is 5.10 Å². The minimum atomic E-state index is 0.641. The second-order valence-corrected chi connectivity index (χ2v) is 10.3. The highest BCUT2D eigenvalue weighted by Gasteiger charge is 2.29. The van der Waals surface area contributed by atoms with Gasteiger partial charge in [0.2, 0.25) is 0 Å². The van der Waals surface area contributed by atoms with Crippen molar-refractivity contribution in [2.75, 3.05) is 16.9 Å². The Balaban J connectivity index is 1.06. The van der Waals surface area contributed by atoms with E-state index in [0.717, 1.165) is 52.7 Å². The van der Waals surface area contributed by atoms with E-state index in [2.05, 4.69) is 68.9 Å². The van der Waals surface area contributed by atoms with E-state index < -0.39 is 0 Å². The molecule has 2 aliphatic rings. The molecule has 0 bridgehead atoms. The SMILES string of the molecule is c1ccc2c(c1)NCN2C1CCC(Cc2ccc(-c3nc4ccccc4nc3-c3ccn[nH]3)cc2)CC1. The Morgan fingerprint density at radius 2 is 1.49 bits per heavy atom. The Labute approximate surface area is 216 Å². The Bertz CT molecular complexity index is 1520. The summed E-state index contributed by atoms with van der Waals surface area (Å²) in [5, 5.41) is 10.7. The van der Waals surface area contributed by atoms with Crippen molar-refractivity contribution in [3.63, 3.8) is 0 Å². The number of aromatic nitrogens is 4. The molecule has 37 heavy (non-hydrogen) atoms. The molecule has 0 spiro atoms. The molecule has 5 aromatic rings. The van der Waals surface area contributed by atoms with E-state index in [9.17, 15) is 0 Å². The predicted octanol–water partition coefficient (Wildman–Crippen LogP) is 6.68. The molecule has 7 rings (SSSR count). The lowest BCUT2D eigenvalue weighted by Crippen LogP contribution is -2.38. The van der Waals surface area contributed by atoms with E-state index in [1.165, 1.54) is 42.6 Å². The summed E-state index contributed by atoms with van der Waals surface area (Å²) in [6.07, 6.45) is 7.99. The summed E-state index contributed by atoms with van der Waals surface area (Å²) in [5.41, 5.74) is 9.51. The van der Waals surface area contributed by atoms with Crippen molar-refractivity contribution >= 4 is 22.4 Å². The zero-order valence-corrected chi connectivity index (χ0v) is 20.8. The summed E-state index contributed by atoms with van der Waals surface area (Å²) < 4.78 is 0. The molecule has 6 nitrogen and oxygen atoms in total. The van der Waals surface area contributed by atoms with E-state index in [-0.39, 0.29) is 0 Å². The van der Waals surface area contributed by atoms with Crippen molar-refractivity contribution in [3.8, 4) is 22.6 Å². The van der Waals surface area contributed by atoms with Gasteiger partial charge in [-0.15, -0.1) is 0 Å². The molecule has 3 heterocycles. The number of nitrogens with one attached hydrogen (secondary N) is 2. The standard InChI is InChI=1S/C31H30N6/c1-2-6-26-25(5-1)34-30(31(35-26)28-17-18-33-36-28)23-13-9-21(10-14-23)19-22-11-15-24(16-12-22)37-20-32-27-7-3-4-8-29(27)37/h1-10,13-14,17-18,22,24,32H,11-12,15-16,19-20H2,(H,33,36). The Kier molecular flexibility index (Phi) is 5.57. The first kappa shape index (κ1) is 22.0. The molecule has 0 unspecified atom stereocenters. The van der Waals surface area contributed by atoms with Crippen LogP contribution >= 0.6 is 0 Å². The molecule has 0 amide bonds. The largest absolute Gasteiger partial charge is 0.366 e.